The third kappa shape index (κ3) is 2.91. The molecular weight excluding hydrogens is 228 g/mol. The summed E-state index contributed by atoms with van der Waals surface area (Å²) in [6.45, 7) is 2.21. The highest BCUT2D eigenvalue weighted by Crippen LogP contribution is 2.24. The zero-order valence-electron chi connectivity index (χ0n) is 10.4. The van der Waals surface area contributed by atoms with Gasteiger partial charge in [-0.15, -0.1) is 0 Å². The molecule has 1 heterocycles. The summed E-state index contributed by atoms with van der Waals surface area (Å²) >= 11 is 1.96. The lowest BCUT2D eigenvalue weighted by atomic mass is 10.1. The summed E-state index contributed by atoms with van der Waals surface area (Å²) in [5, 5.41) is 4.41. The number of aromatic nitrogens is 1. The first-order chi connectivity index (χ1) is 8.35. The molecular formula is C14H18N2S. The average molecular weight is 246 g/mol. The number of hydrogen-bond acceptors (Lipinski definition) is 3. The van der Waals surface area contributed by atoms with E-state index in [1.165, 1.54) is 23.1 Å². The van der Waals surface area contributed by atoms with Crippen molar-refractivity contribution in [2.75, 3.05) is 18.1 Å². The van der Waals surface area contributed by atoms with Gasteiger partial charge in [-0.05, 0) is 24.3 Å². The number of benzene rings is 1. The van der Waals surface area contributed by atoms with Crippen LogP contribution in [-0.4, -0.2) is 17.8 Å². The van der Waals surface area contributed by atoms with Gasteiger partial charge in [0.15, 0.2) is 0 Å². The summed E-state index contributed by atoms with van der Waals surface area (Å²) in [6, 6.07) is 10.5. The lowest BCUT2D eigenvalue weighted by Crippen LogP contribution is -1.98. The highest BCUT2D eigenvalue weighted by atomic mass is 32.2. The van der Waals surface area contributed by atoms with Crippen LogP contribution in [0.5, 0.6) is 0 Å². The van der Waals surface area contributed by atoms with Crippen LogP contribution in [0.1, 0.15) is 18.9 Å². The molecule has 0 bridgehead atoms. The number of anilines is 1. The molecule has 0 amide bonds. The van der Waals surface area contributed by atoms with Crippen LogP contribution >= 0.6 is 11.8 Å². The van der Waals surface area contributed by atoms with Gasteiger partial charge in [0.25, 0.3) is 0 Å². The Bertz CT molecular complexity index is 497. The van der Waals surface area contributed by atoms with E-state index in [9.17, 15) is 0 Å². The molecule has 0 unspecified atom stereocenters. The van der Waals surface area contributed by atoms with E-state index in [0.29, 0.717) is 0 Å². The number of rotatable bonds is 5. The van der Waals surface area contributed by atoms with Crippen LogP contribution in [-0.2, 0) is 5.75 Å². The first-order valence-electron chi connectivity index (χ1n) is 5.99. The summed E-state index contributed by atoms with van der Waals surface area (Å²) in [5.74, 6) is 3.24. The van der Waals surface area contributed by atoms with Gasteiger partial charge in [-0.1, -0.05) is 25.1 Å². The minimum absolute atomic E-state index is 1.01. The van der Waals surface area contributed by atoms with Crippen molar-refractivity contribution < 1.29 is 0 Å². The normalized spacial score (nSPS) is 10.7. The van der Waals surface area contributed by atoms with Crippen molar-refractivity contribution in [1.82, 2.24) is 4.98 Å². The predicted molar refractivity (Wildman–Crippen MR) is 77.7 cm³/mol. The first kappa shape index (κ1) is 12.2. The minimum Gasteiger partial charge on any atom is -0.373 e. The fraction of sp³-hybridized carbons (Fsp3) is 0.357. The van der Waals surface area contributed by atoms with Gasteiger partial charge in [0.2, 0.25) is 0 Å². The fourth-order valence-electron chi connectivity index (χ4n) is 1.81. The van der Waals surface area contributed by atoms with Crippen molar-refractivity contribution in [3.8, 4) is 0 Å². The van der Waals surface area contributed by atoms with E-state index in [4.69, 9.17) is 0 Å². The number of fused-ring (bicyclic) bond motifs is 1. The van der Waals surface area contributed by atoms with E-state index >= 15 is 0 Å². The lowest BCUT2D eigenvalue weighted by Gasteiger charge is -2.09. The monoisotopic (exact) mass is 246 g/mol. The highest BCUT2D eigenvalue weighted by molar-refractivity contribution is 7.98. The third-order valence-electron chi connectivity index (χ3n) is 2.65. The van der Waals surface area contributed by atoms with Gasteiger partial charge < -0.3 is 5.32 Å². The summed E-state index contributed by atoms with van der Waals surface area (Å²) in [5.41, 5.74) is 2.35. The Morgan fingerprint density at radius 1 is 1.29 bits per heavy atom. The number of pyridine rings is 1. The molecule has 0 fully saturated rings. The summed E-state index contributed by atoms with van der Waals surface area (Å²) in [4.78, 5) is 4.65. The van der Waals surface area contributed by atoms with Crippen LogP contribution in [0, 0.1) is 0 Å². The summed E-state index contributed by atoms with van der Waals surface area (Å²) in [7, 11) is 1.94. The quantitative estimate of drug-likeness (QED) is 0.809. The predicted octanol–water partition coefficient (Wildman–Crippen LogP) is 3.92. The van der Waals surface area contributed by atoms with Crippen LogP contribution < -0.4 is 5.32 Å². The smallest absolute Gasteiger partial charge is 0.130 e. The van der Waals surface area contributed by atoms with Crippen LogP contribution in [0.4, 0.5) is 5.82 Å². The van der Waals surface area contributed by atoms with E-state index in [0.717, 1.165) is 17.1 Å². The highest BCUT2D eigenvalue weighted by Gasteiger charge is 2.05. The van der Waals surface area contributed by atoms with E-state index in [-0.39, 0.29) is 0 Å². The Balaban J connectivity index is 2.32. The zero-order valence-corrected chi connectivity index (χ0v) is 11.2. The Hall–Kier alpha value is -1.22. The second-order valence-corrected chi connectivity index (χ2v) is 5.10. The standard InChI is InChI=1S/C14H18N2S/c1-3-8-17-10-12-9-11-6-4-5-7-13(11)16-14(12)15-2/h4-7,9H,3,8,10H2,1-2H3,(H,15,16). The maximum absolute atomic E-state index is 4.65. The van der Waals surface area contributed by atoms with Gasteiger partial charge in [-0.2, -0.15) is 11.8 Å². The molecule has 1 N–H and O–H groups in total. The molecule has 0 atom stereocenters. The van der Waals surface area contributed by atoms with Crippen molar-refractivity contribution in [2.24, 2.45) is 0 Å². The van der Waals surface area contributed by atoms with Gasteiger partial charge in [-0.3, -0.25) is 0 Å². The molecule has 2 aromatic rings. The molecule has 2 nitrogen and oxygen atoms in total. The number of hydrogen-bond donors (Lipinski definition) is 1. The molecule has 0 spiro atoms. The van der Waals surface area contributed by atoms with Crippen LogP contribution in [0.2, 0.25) is 0 Å². The molecule has 0 saturated carbocycles. The second kappa shape index (κ2) is 5.92. The fourth-order valence-corrected chi connectivity index (χ4v) is 2.69. The van der Waals surface area contributed by atoms with Gasteiger partial charge in [0.1, 0.15) is 5.82 Å². The third-order valence-corrected chi connectivity index (χ3v) is 3.86. The molecule has 0 radical (unpaired) electrons. The molecule has 1 aromatic carbocycles. The summed E-state index contributed by atoms with van der Waals surface area (Å²) in [6.07, 6.45) is 1.22. The number of thioether (sulfide) groups is 1. The molecule has 17 heavy (non-hydrogen) atoms. The van der Waals surface area contributed by atoms with E-state index in [2.05, 4.69) is 41.5 Å². The molecule has 3 heteroatoms. The topological polar surface area (TPSA) is 24.9 Å². The molecule has 1 aromatic heterocycles. The van der Waals surface area contributed by atoms with Gasteiger partial charge in [0.05, 0.1) is 5.52 Å². The lowest BCUT2D eigenvalue weighted by molar-refractivity contribution is 1.10. The largest absolute Gasteiger partial charge is 0.373 e. The molecule has 90 valence electrons. The van der Waals surface area contributed by atoms with Gasteiger partial charge >= 0.3 is 0 Å². The van der Waals surface area contributed by atoms with Gasteiger partial charge in [-0.25, -0.2) is 4.98 Å². The van der Waals surface area contributed by atoms with E-state index < -0.39 is 0 Å². The van der Waals surface area contributed by atoms with Crippen LogP contribution in [0.15, 0.2) is 30.3 Å². The SMILES string of the molecule is CCCSCc1cc2ccccc2nc1NC. The zero-order chi connectivity index (χ0) is 12.1. The molecule has 2 rings (SSSR count). The van der Waals surface area contributed by atoms with Crippen LogP contribution in [0.3, 0.4) is 0 Å². The average Bonchev–Trinajstić information content (AvgIpc) is 2.38. The molecule has 0 aliphatic carbocycles. The first-order valence-corrected chi connectivity index (χ1v) is 7.14. The van der Waals surface area contributed by atoms with Crippen molar-refractivity contribution >= 4 is 28.5 Å². The van der Waals surface area contributed by atoms with Crippen molar-refractivity contribution in [2.45, 2.75) is 19.1 Å². The number of nitrogens with zero attached hydrogens (tertiary/aromatic N) is 1. The van der Waals surface area contributed by atoms with Crippen molar-refractivity contribution in [3.63, 3.8) is 0 Å². The molecule has 0 saturated heterocycles. The Labute approximate surface area is 107 Å². The Morgan fingerprint density at radius 2 is 2.12 bits per heavy atom. The number of para-hydroxylation sites is 1. The Kier molecular flexibility index (Phi) is 4.26. The van der Waals surface area contributed by atoms with E-state index in [1.54, 1.807) is 0 Å². The van der Waals surface area contributed by atoms with E-state index in [1.807, 2.05) is 24.9 Å². The molecule has 0 aliphatic heterocycles. The van der Waals surface area contributed by atoms with Crippen molar-refractivity contribution in [1.29, 1.82) is 0 Å². The maximum atomic E-state index is 4.65. The molecule has 0 aliphatic rings. The second-order valence-electron chi connectivity index (χ2n) is 3.99. The van der Waals surface area contributed by atoms with Gasteiger partial charge in [0, 0.05) is 23.8 Å². The van der Waals surface area contributed by atoms with Crippen molar-refractivity contribution in [3.05, 3.63) is 35.9 Å². The van der Waals surface area contributed by atoms with Crippen LogP contribution in [0.25, 0.3) is 10.9 Å². The Morgan fingerprint density at radius 3 is 2.88 bits per heavy atom. The summed E-state index contributed by atoms with van der Waals surface area (Å²) < 4.78 is 0. The number of nitrogens with one attached hydrogen (secondary N) is 1. The maximum Gasteiger partial charge on any atom is 0.130 e. The minimum atomic E-state index is 1.01.